The fourth-order valence-electron chi connectivity index (χ4n) is 4.49. The number of carbonyl (C=O) groups is 1. The van der Waals surface area contributed by atoms with E-state index < -0.39 is 0 Å². The second-order valence-corrected chi connectivity index (χ2v) is 8.69. The van der Waals surface area contributed by atoms with E-state index in [1.807, 2.05) is 66.7 Å². The van der Waals surface area contributed by atoms with Crippen LogP contribution in [0.3, 0.4) is 0 Å². The molecule has 1 heterocycles. The minimum absolute atomic E-state index is 0.225. The van der Waals surface area contributed by atoms with Crippen molar-refractivity contribution in [3.63, 3.8) is 0 Å². The van der Waals surface area contributed by atoms with Crippen LogP contribution in [-0.4, -0.2) is 11.0 Å². The molecule has 182 valence electrons. The van der Waals surface area contributed by atoms with Gasteiger partial charge in [-0.2, -0.15) is 0 Å². The summed E-state index contributed by atoms with van der Waals surface area (Å²) < 4.78 is 0. The molecule has 0 saturated carbocycles. The van der Waals surface area contributed by atoms with Gasteiger partial charge in [0.2, 0.25) is 0 Å². The molecule has 0 fully saturated rings. The maximum Gasteiger partial charge on any atom is 0.319 e. The molecule has 37 heavy (non-hydrogen) atoms. The Bertz CT molecular complexity index is 1660. The van der Waals surface area contributed by atoms with Gasteiger partial charge in [0.15, 0.2) is 0 Å². The molecule has 0 atom stereocenters. The fraction of sp³-hybridized carbons (Fsp3) is 0.0625. The van der Waals surface area contributed by atoms with Gasteiger partial charge in [-0.15, -0.1) is 0 Å². The van der Waals surface area contributed by atoms with Crippen LogP contribution in [0.1, 0.15) is 11.1 Å². The summed E-state index contributed by atoms with van der Waals surface area (Å²) in [5, 5.41) is 12.7. The standard InChI is InChI=1S/C21H17N3O.C11H11N/c25-21(24-20-10-4-8-16-13-22-12-11-19(16)20)23-14-17-7-3-6-15-5-1-2-9-18(15)17;12-8-10-6-3-5-9-4-1-2-7-11(9)10/h1-13H,14H2,(H2,23,24,25);1-7H,8,12H2. The van der Waals surface area contributed by atoms with Gasteiger partial charge in [-0.3, -0.25) is 4.98 Å². The fourth-order valence-corrected chi connectivity index (χ4v) is 4.49. The summed E-state index contributed by atoms with van der Waals surface area (Å²) in [4.78, 5) is 16.4. The molecule has 0 aliphatic rings. The zero-order valence-corrected chi connectivity index (χ0v) is 20.4. The van der Waals surface area contributed by atoms with Gasteiger partial charge in [0.1, 0.15) is 0 Å². The summed E-state index contributed by atoms with van der Waals surface area (Å²) in [5.74, 6) is 0. The first-order valence-electron chi connectivity index (χ1n) is 12.2. The van der Waals surface area contributed by atoms with Crippen molar-refractivity contribution in [3.8, 4) is 0 Å². The molecule has 1 aromatic heterocycles. The summed E-state index contributed by atoms with van der Waals surface area (Å²) in [5.41, 5.74) is 8.70. The maximum atomic E-state index is 12.3. The van der Waals surface area contributed by atoms with E-state index in [2.05, 4.69) is 58.1 Å². The largest absolute Gasteiger partial charge is 0.334 e. The van der Waals surface area contributed by atoms with Crippen molar-refractivity contribution < 1.29 is 4.79 Å². The van der Waals surface area contributed by atoms with Crippen molar-refractivity contribution in [2.24, 2.45) is 5.73 Å². The van der Waals surface area contributed by atoms with Gasteiger partial charge in [0, 0.05) is 36.3 Å². The van der Waals surface area contributed by atoms with Crippen LogP contribution in [0.4, 0.5) is 10.5 Å². The topological polar surface area (TPSA) is 80.0 Å². The van der Waals surface area contributed by atoms with Crippen LogP contribution >= 0.6 is 0 Å². The number of nitrogens with two attached hydrogens (primary N) is 1. The van der Waals surface area contributed by atoms with E-state index in [0.29, 0.717) is 13.1 Å². The molecular formula is C32H28N4O. The van der Waals surface area contributed by atoms with Crippen molar-refractivity contribution in [3.05, 3.63) is 133 Å². The number of anilines is 1. The maximum absolute atomic E-state index is 12.3. The first-order chi connectivity index (χ1) is 18.2. The third-order valence-electron chi connectivity index (χ3n) is 6.35. The number of rotatable bonds is 4. The van der Waals surface area contributed by atoms with Crippen LogP contribution in [0, 0.1) is 0 Å². The Balaban J connectivity index is 0.000000195. The molecule has 2 amide bonds. The van der Waals surface area contributed by atoms with E-state index in [9.17, 15) is 4.79 Å². The number of pyridine rings is 1. The Kier molecular flexibility index (Phi) is 7.34. The van der Waals surface area contributed by atoms with Crippen molar-refractivity contribution in [2.75, 3.05) is 5.32 Å². The molecule has 0 aliphatic heterocycles. The molecule has 6 rings (SSSR count). The zero-order chi connectivity index (χ0) is 25.5. The van der Waals surface area contributed by atoms with Gasteiger partial charge >= 0.3 is 6.03 Å². The summed E-state index contributed by atoms with van der Waals surface area (Å²) in [7, 11) is 0. The lowest BCUT2D eigenvalue weighted by molar-refractivity contribution is 0.252. The summed E-state index contributed by atoms with van der Waals surface area (Å²) in [6.45, 7) is 1.08. The van der Waals surface area contributed by atoms with Crippen molar-refractivity contribution in [2.45, 2.75) is 13.1 Å². The van der Waals surface area contributed by atoms with Crippen LogP contribution in [0.15, 0.2) is 122 Å². The Hall–Kier alpha value is -4.74. The molecule has 0 aliphatic carbocycles. The summed E-state index contributed by atoms with van der Waals surface area (Å²) in [6.07, 6.45) is 3.51. The Morgan fingerprint density at radius 1 is 0.649 bits per heavy atom. The molecule has 0 radical (unpaired) electrons. The molecule has 0 saturated heterocycles. The van der Waals surface area contributed by atoms with Crippen LogP contribution in [0.25, 0.3) is 32.3 Å². The van der Waals surface area contributed by atoms with E-state index >= 15 is 0 Å². The number of nitrogens with one attached hydrogen (secondary N) is 2. The minimum Gasteiger partial charge on any atom is -0.334 e. The zero-order valence-electron chi connectivity index (χ0n) is 20.4. The molecular weight excluding hydrogens is 456 g/mol. The number of hydrogen-bond donors (Lipinski definition) is 3. The van der Waals surface area contributed by atoms with Crippen LogP contribution in [-0.2, 0) is 13.1 Å². The highest BCUT2D eigenvalue weighted by atomic mass is 16.2. The normalized spacial score (nSPS) is 10.6. The number of amides is 2. The van der Waals surface area contributed by atoms with Crippen LogP contribution < -0.4 is 16.4 Å². The Morgan fingerprint density at radius 2 is 1.24 bits per heavy atom. The second-order valence-electron chi connectivity index (χ2n) is 8.69. The predicted octanol–water partition coefficient (Wildman–Crippen LogP) is 7.01. The third-order valence-corrected chi connectivity index (χ3v) is 6.35. The van der Waals surface area contributed by atoms with Gasteiger partial charge in [0.05, 0.1) is 5.69 Å². The van der Waals surface area contributed by atoms with Crippen molar-refractivity contribution in [1.29, 1.82) is 0 Å². The smallest absolute Gasteiger partial charge is 0.319 e. The molecule has 5 nitrogen and oxygen atoms in total. The van der Waals surface area contributed by atoms with Crippen LogP contribution in [0.2, 0.25) is 0 Å². The quantitative estimate of drug-likeness (QED) is 0.252. The SMILES string of the molecule is NCc1cccc2ccccc12.O=C(NCc1cccc2ccccc12)Nc1cccc2cnccc12. The summed E-state index contributed by atoms with van der Waals surface area (Å²) in [6, 6.07) is 36.3. The number of carbonyl (C=O) groups excluding carboxylic acids is 1. The Morgan fingerprint density at radius 3 is 1.97 bits per heavy atom. The average Bonchev–Trinajstić information content (AvgIpc) is 2.96. The number of hydrogen-bond acceptors (Lipinski definition) is 3. The number of urea groups is 1. The predicted molar refractivity (Wildman–Crippen MR) is 153 cm³/mol. The number of benzene rings is 5. The van der Waals surface area contributed by atoms with Gasteiger partial charge in [-0.25, -0.2) is 4.79 Å². The van der Waals surface area contributed by atoms with E-state index in [1.165, 1.54) is 21.7 Å². The first kappa shape index (κ1) is 24.0. The average molecular weight is 485 g/mol. The minimum atomic E-state index is -0.225. The highest BCUT2D eigenvalue weighted by Gasteiger charge is 2.07. The second kappa shape index (κ2) is 11.3. The molecule has 5 heteroatoms. The number of aromatic nitrogens is 1. The summed E-state index contributed by atoms with van der Waals surface area (Å²) >= 11 is 0. The van der Waals surface area contributed by atoms with E-state index in [0.717, 1.165) is 27.4 Å². The molecule has 5 aromatic carbocycles. The molecule has 6 aromatic rings. The van der Waals surface area contributed by atoms with E-state index in [-0.39, 0.29) is 6.03 Å². The van der Waals surface area contributed by atoms with Gasteiger partial charge in [-0.05, 0) is 44.8 Å². The van der Waals surface area contributed by atoms with Gasteiger partial charge in [-0.1, -0.05) is 97.1 Å². The Labute approximate surface area is 216 Å². The third kappa shape index (κ3) is 5.58. The van der Waals surface area contributed by atoms with Crippen LogP contribution in [0.5, 0.6) is 0 Å². The highest BCUT2D eigenvalue weighted by Crippen LogP contribution is 2.22. The number of fused-ring (bicyclic) bond motifs is 3. The molecule has 0 bridgehead atoms. The van der Waals surface area contributed by atoms with Crippen molar-refractivity contribution in [1.82, 2.24) is 10.3 Å². The molecule has 0 unspecified atom stereocenters. The lowest BCUT2D eigenvalue weighted by Gasteiger charge is -2.11. The molecule has 0 spiro atoms. The number of nitrogens with zero attached hydrogens (tertiary/aromatic N) is 1. The monoisotopic (exact) mass is 484 g/mol. The van der Waals surface area contributed by atoms with E-state index in [4.69, 9.17) is 5.73 Å². The van der Waals surface area contributed by atoms with Crippen molar-refractivity contribution >= 4 is 44.0 Å². The van der Waals surface area contributed by atoms with E-state index in [1.54, 1.807) is 12.4 Å². The van der Waals surface area contributed by atoms with Gasteiger partial charge < -0.3 is 16.4 Å². The first-order valence-corrected chi connectivity index (χ1v) is 12.2. The highest BCUT2D eigenvalue weighted by molar-refractivity contribution is 6.01. The molecule has 4 N–H and O–H groups in total. The lowest BCUT2D eigenvalue weighted by atomic mass is 10.0. The van der Waals surface area contributed by atoms with Gasteiger partial charge in [0.25, 0.3) is 0 Å². The lowest BCUT2D eigenvalue weighted by Crippen LogP contribution is -2.28.